The summed E-state index contributed by atoms with van der Waals surface area (Å²) in [5, 5.41) is 0.674. The lowest BCUT2D eigenvalue weighted by atomic mass is 10.0. The van der Waals surface area contributed by atoms with E-state index in [0.29, 0.717) is 11.4 Å². The van der Waals surface area contributed by atoms with Crippen LogP contribution in [0.5, 0.6) is 5.75 Å². The Hall–Kier alpha value is -1.45. The fourth-order valence-electron chi connectivity index (χ4n) is 1.75. The van der Waals surface area contributed by atoms with Crippen molar-refractivity contribution in [1.82, 2.24) is 0 Å². The molecule has 1 heterocycles. The standard InChI is InChI=1S/C13H14ClNO2/c1-16-12-5-4-10(14)7-9(12)8-11(15)13-3-2-6-17-13/h2-7,11H,8,15H2,1H3. The summed E-state index contributed by atoms with van der Waals surface area (Å²) in [6, 6.07) is 8.99. The van der Waals surface area contributed by atoms with Crippen molar-refractivity contribution in [3.8, 4) is 5.75 Å². The highest BCUT2D eigenvalue weighted by Crippen LogP contribution is 2.26. The average Bonchev–Trinajstić information content (AvgIpc) is 2.83. The second-order valence-electron chi connectivity index (χ2n) is 3.78. The van der Waals surface area contributed by atoms with Gasteiger partial charge in [0.25, 0.3) is 0 Å². The van der Waals surface area contributed by atoms with E-state index in [0.717, 1.165) is 17.1 Å². The van der Waals surface area contributed by atoms with Crippen LogP contribution in [0.15, 0.2) is 41.0 Å². The van der Waals surface area contributed by atoms with E-state index in [4.69, 9.17) is 26.5 Å². The Labute approximate surface area is 105 Å². The molecule has 3 nitrogen and oxygen atoms in total. The smallest absolute Gasteiger partial charge is 0.122 e. The molecule has 0 spiro atoms. The molecule has 0 aliphatic carbocycles. The second kappa shape index (κ2) is 5.25. The molecule has 1 unspecified atom stereocenters. The molecule has 0 fully saturated rings. The Morgan fingerprint density at radius 3 is 2.88 bits per heavy atom. The van der Waals surface area contributed by atoms with E-state index in [1.165, 1.54) is 0 Å². The number of furan rings is 1. The first kappa shape index (κ1) is 12.0. The number of nitrogens with two attached hydrogens (primary N) is 1. The summed E-state index contributed by atoms with van der Waals surface area (Å²) in [7, 11) is 1.63. The van der Waals surface area contributed by atoms with Crippen LogP contribution in [0.4, 0.5) is 0 Å². The fraction of sp³-hybridized carbons (Fsp3) is 0.231. The lowest BCUT2D eigenvalue weighted by Gasteiger charge is -2.12. The van der Waals surface area contributed by atoms with Gasteiger partial charge in [0.2, 0.25) is 0 Å². The lowest BCUT2D eigenvalue weighted by molar-refractivity contribution is 0.404. The summed E-state index contributed by atoms with van der Waals surface area (Å²) in [5.41, 5.74) is 7.03. The summed E-state index contributed by atoms with van der Waals surface area (Å²) < 4.78 is 10.5. The molecule has 1 atom stereocenters. The van der Waals surface area contributed by atoms with Gasteiger partial charge >= 0.3 is 0 Å². The summed E-state index contributed by atoms with van der Waals surface area (Å²) in [6.07, 6.45) is 2.24. The van der Waals surface area contributed by atoms with Gasteiger partial charge in [0.1, 0.15) is 11.5 Å². The molecule has 0 amide bonds. The minimum Gasteiger partial charge on any atom is -0.496 e. The van der Waals surface area contributed by atoms with Gasteiger partial charge in [-0.25, -0.2) is 0 Å². The Balaban J connectivity index is 2.20. The number of halogens is 1. The Kier molecular flexibility index (Phi) is 3.71. The summed E-state index contributed by atoms with van der Waals surface area (Å²) in [6.45, 7) is 0. The number of hydrogen-bond acceptors (Lipinski definition) is 3. The van der Waals surface area contributed by atoms with Crippen molar-refractivity contribution in [3.05, 3.63) is 52.9 Å². The first-order chi connectivity index (χ1) is 8.20. The number of methoxy groups -OCH3 is 1. The molecule has 4 heteroatoms. The predicted octanol–water partition coefficient (Wildman–Crippen LogP) is 3.18. The molecule has 0 saturated carbocycles. The number of hydrogen-bond donors (Lipinski definition) is 1. The summed E-state index contributed by atoms with van der Waals surface area (Å²) >= 11 is 5.96. The van der Waals surface area contributed by atoms with Gasteiger partial charge in [0.05, 0.1) is 19.4 Å². The SMILES string of the molecule is COc1ccc(Cl)cc1CC(N)c1ccco1. The number of rotatable bonds is 4. The Morgan fingerprint density at radius 2 is 2.24 bits per heavy atom. The first-order valence-electron chi connectivity index (χ1n) is 5.32. The molecule has 0 bridgehead atoms. The van der Waals surface area contributed by atoms with Crippen LogP contribution in [0.25, 0.3) is 0 Å². The van der Waals surface area contributed by atoms with Crippen molar-refractivity contribution >= 4 is 11.6 Å². The van der Waals surface area contributed by atoms with Gasteiger partial charge in [0, 0.05) is 5.02 Å². The van der Waals surface area contributed by atoms with E-state index < -0.39 is 0 Å². The van der Waals surface area contributed by atoms with Crippen LogP contribution in [0.2, 0.25) is 5.02 Å². The second-order valence-corrected chi connectivity index (χ2v) is 4.22. The summed E-state index contributed by atoms with van der Waals surface area (Å²) in [5.74, 6) is 1.54. The Morgan fingerprint density at radius 1 is 1.41 bits per heavy atom. The third-order valence-electron chi connectivity index (χ3n) is 2.59. The molecule has 1 aromatic carbocycles. The maximum atomic E-state index is 6.05. The largest absolute Gasteiger partial charge is 0.496 e. The zero-order valence-electron chi connectivity index (χ0n) is 9.52. The van der Waals surface area contributed by atoms with Crippen molar-refractivity contribution in [2.45, 2.75) is 12.5 Å². The zero-order chi connectivity index (χ0) is 12.3. The van der Waals surface area contributed by atoms with Crippen molar-refractivity contribution in [2.75, 3.05) is 7.11 Å². The molecule has 0 radical (unpaired) electrons. The van der Waals surface area contributed by atoms with Gasteiger partial charge in [-0.05, 0) is 42.3 Å². The molecule has 2 aromatic rings. The van der Waals surface area contributed by atoms with Crippen LogP contribution < -0.4 is 10.5 Å². The van der Waals surface area contributed by atoms with Gasteiger partial charge in [-0.1, -0.05) is 11.6 Å². The molecule has 2 rings (SSSR count). The minimum atomic E-state index is -0.197. The third-order valence-corrected chi connectivity index (χ3v) is 2.83. The molecule has 17 heavy (non-hydrogen) atoms. The average molecular weight is 252 g/mol. The monoisotopic (exact) mass is 251 g/mol. The van der Waals surface area contributed by atoms with Gasteiger partial charge in [-0.3, -0.25) is 0 Å². The van der Waals surface area contributed by atoms with Crippen LogP contribution >= 0.6 is 11.6 Å². The maximum Gasteiger partial charge on any atom is 0.122 e. The number of benzene rings is 1. The van der Waals surface area contributed by atoms with E-state index in [-0.39, 0.29) is 6.04 Å². The van der Waals surface area contributed by atoms with Crippen molar-refractivity contribution < 1.29 is 9.15 Å². The molecule has 0 aliphatic rings. The van der Waals surface area contributed by atoms with Crippen LogP contribution in [-0.4, -0.2) is 7.11 Å². The highest BCUT2D eigenvalue weighted by molar-refractivity contribution is 6.30. The molecular formula is C13H14ClNO2. The van der Waals surface area contributed by atoms with Crippen molar-refractivity contribution in [1.29, 1.82) is 0 Å². The fourth-order valence-corrected chi connectivity index (χ4v) is 1.94. The third kappa shape index (κ3) is 2.81. The topological polar surface area (TPSA) is 48.4 Å². The van der Waals surface area contributed by atoms with Crippen LogP contribution in [-0.2, 0) is 6.42 Å². The Bertz CT molecular complexity index is 482. The molecule has 2 N–H and O–H groups in total. The minimum absolute atomic E-state index is 0.197. The van der Waals surface area contributed by atoms with Gasteiger partial charge in [-0.15, -0.1) is 0 Å². The molecular weight excluding hydrogens is 238 g/mol. The van der Waals surface area contributed by atoms with E-state index in [2.05, 4.69) is 0 Å². The van der Waals surface area contributed by atoms with Crippen LogP contribution in [0.1, 0.15) is 17.4 Å². The highest BCUT2D eigenvalue weighted by Gasteiger charge is 2.13. The zero-order valence-corrected chi connectivity index (χ0v) is 10.3. The lowest BCUT2D eigenvalue weighted by Crippen LogP contribution is -2.13. The maximum absolute atomic E-state index is 6.05. The van der Waals surface area contributed by atoms with Gasteiger partial charge < -0.3 is 14.9 Å². The normalized spacial score (nSPS) is 12.4. The van der Waals surface area contributed by atoms with Gasteiger partial charge in [0.15, 0.2) is 0 Å². The van der Waals surface area contributed by atoms with Crippen molar-refractivity contribution in [2.24, 2.45) is 5.73 Å². The van der Waals surface area contributed by atoms with Crippen LogP contribution in [0.3, 0.4) is 0 Å². The van der Waals surface area contributed by atoms with E-state index in [9.17, 15) is 0 Å². The molecule has 0 saturated heterocycles. The quantitative estimate of drug-likeness (QED) is 0.908. The van der Waals surface area contributed by atoms with Crippen molar-refractivity contribution in [3.63, 3.8) is 0 Å². The number of ether oxygens (including phenoxy) is 1. The van der Waals surface area contributed by atoms with Gasteiger partial charge in [-0.2, -0.15) is 0 Å². The van der Waals surface area contributed by atoms with Crippen LogP contribution in [0, 0.1) is 0 Å². The van der Waals surface area contributed by atoms with E-state index in [1.54, 1.807) is 19.4 Å². The highest BCUT2D eigenvalue weighted by atomic mass is 35.5. The summed E-state index contributed by atoms with van der Waals surface area (Å²) in [4.78, 5) is 0. The molecule has 90 valence electrons. The molecule has 0 aliphatic heterocycles. The first-order valence-corrected chi connectivity index (χ1v) is 5.70. The predicted molar refractivity (Wildman–Crippen MR) is 67.3 cm³/mol. The molecule has 1 aromatic heterocycles. The van der Waals surface area contributed by atoms with E-state index >= 15 is 0 Å². The van der Waals surface area contributed by atoms with E-state index in [1.807, 2.05) is 24.3 Å².